The molecule has 0 aliphatic carbocycles. The predicted molar refractivity (Wildman–Crippen MR) is 92.4 cm³/mol. The Morgan fingerprint density at radius 3 is 2.78 bits per heavy atom. The maximum absolute atomic E-state index is 9.30. The van der Waals surface area contributed by atoms with E-state index >= 15 is 0 Å². The fraction of sp³-hybridized carbons (Fsp3) is 0.263. The molecule has 4 heteroatoms. The predicted octanol–water partition coefficient (Wildman–Crippen LogP) is 3.12. The molecule has 23 heavy (non-hydrogen) atoms. The molecule has 0 radical (unpaired) electrons. The molecule has 2 heterocycles. The maximum atomic E-state index is 9.30. The molecule has 0 spiro atoms. The Balaban J connectivity index is 1.67. The quantitative estimate of drug-likeness (QED) is 0.808. The van der Waals surface area contributed by atoms with Gasteiger partial charge in [-0.2, -0.15) is 0 Å². The van der Waals surface area contributed by atoms with E-state index in [1.807, 2.05) is 12.3 Å². The maximum Gasteiger partial charge on any atom is 0.225 e. The first kappa shape index (κ1) is 14.2. The van der Waals surface area contributed by atoms with Crippen LogP contribution in [0.1, 0.15) is 6.42 Å². The van der Waals surface area contributed by atoms with Crippen molar-refractivity contribution in [2.45, 2.75) is 6.42 Å². The van der Waals surface area contributed by atoms with Gasteiger partial charge in [0.25, 0.3) is 0 Å². The van der Waals surface area contributed by atoms with Crippen LogP contribution in [0.25, 0.3) is 22.0 Å². The summed E-state index contributed by atoms with van der Waals surface area (Å²) in [7, 11) is 0. The van der Waals surface area contributed by atoms with Gasteiger partial charge in [0.15, 0.2) is 0 Å². The number of hydrogen-bond acceptors (Lipinski definition) is 4. The van der Waals surface area contributed by atoms with Crippen LogP contribution < -0.4 is 4.90 Å². The summed E-state index contributed by atoms with van der Waals surface area (Å²) in [5, 5.41) is 11.7. The van der Waals surface area contributed by atoms with Gasteiger partial charge in [-0.1, -0.05) is 36.4 Å². The fourth-order valence-electron chi connectivity index (χ4n) is 3.17. The lowest BCUT2D eigenvalue weighted by atomic mass is 10.1. The van der Waals surface area contributed by atoms with Crippen molar-refractivity contribution in [1.29, 1.82) is 0 Å². The van der Waals surface area contributed by atoms with Gasteiger partial charge in [0.05, 0.1) is 5.69 Å². The zero-order valence-electron chi connectivity index (χ0n) is 12.9. The summed E-state index contributed by atoms with van der Waals surface area (Å²) in [6.45, 7) is 1.98. The number of fused-ring (bicyclic) bond motifs is 1. The van der Waals surface area contributed by atoms with Crippen LogP contribution in [0.5, 0.6) is 0 Å². The average Bonchev–Trinajstić information content (AvgIpc) is 3.11. The van der Waals surface area contributed by atoms with Gasteiger partial charge in [0.2, 0.25) is 5.95 Å². The molecule has 1 aliphatic heterocycles. The van der Waals surface area contributed by atoms with Crippen molar-refractivity contribution in [3.8, 4) is 11.3 Å². The van der Waals surface area contributed by atoms with E-state index < -0.39 is 0 Å². The van der Waals surface area contributed by atoms with Gasteiger partial charge >= 0.3 is 0 Å². The Labute approximate surface area is 135 Å². The Hall–Kier alpha value is -2.46. The van der Waals surface area contributed by atoms with Crippen molar-refractivity contribution in [3.63, 3.8) is 0 Å². The number of nitrogens with zero attached hydrogens (tertiary/aromatic N) is 3. The number of hydrogen-bond donors (Lipinski definition) is 1. The Morgan fingerprint density at radius 2 is 1.96 bits per heavy atom. The third-order valence-electron chi connectivity index (χ3n) is 4.51. The number of anilines is 1. The molecule has 4 rings (SSSR count). The monoisotopic (exact) mass is 305 g/mol. The molecule has 3 aromatic rings. The molecule has 4 nitrogen and oxygen atoms in total. The first-order valence-corrected chi connectivity index (χ1v) is 8.01. The van der Waals surface area contributed by atoms with Crippen LogP contribution in [0.2, 0.25) is 0 Å². The van der Waals surface area contributed by atoms with E-state index in [0.29, 0.717) is 5.92 Å². The lowest BCUT2D eigenvalue weighted by Gasteiger charge is -2.16. The number of rotatable bonds is 3. The van der Waals surface area contributed by atoms with Gasteiger partial charge < -0.3 is 10.0 Å². The average molecular weight is 305 g/mol. The van der Waals surface area contributed by atoms with Gasteiger partial charge in [-0.25, -0.2) is 9.97 Å². The highest BCUT2D eigenvalue weighted by atomic mass is 16.3. The molecule has 1 saturated heterocycles. The van der Waals surface area contributed by atoms with Crippen LogP contribution in [0.15, 0.2) is 54.7 Å². The molecular weight excluding hydrogens is 286 g/mol. The van der Waals surface area contributed by atoms with Crippen LogP contribution in [0.4, 0.5) is 5.95 Å². The Bertz CT molecular complexity index is 833. The number of benzene rings is 2. The second-order valence-electron chi connectivity index (χ2n) is 6.09. The van der Waals surface area contributed by atoms with E-state index in [1.54, 1.807) is 0 Å². The Morgan fingerprint density at radius 1 is 1.09 bits per heavy atom. The lowest BCUT2D eigenvalue weighted by molar-refractivity contribution is 0.238. The largest absolute Gasteiger partial charge is 0.396 e. The van der Waals surface area contributed by atoms with Crippen LogP contribution >= 0.6 is 0 Å². The number of aromatic nitrogens is 2. The summed E-state index contributed by atoms with van der Waals surface area (Å²) in [6.07, 6.45) is 2.82. The van der Waals surface area contributed by atoms with E-state index in [4.69, 9.17) is 4.98 Å². The van der Waals surface area contributed by atoms with Crippen molar-refractivity contribution in [2.24, 2.45) is 5.92 Å². The Kier molecular flexibility index (Phi) is 3.67. The molecule has 1 aliphatic rings. The van der Waals surface area contributed by atoms with Crippen LogP contribution in [-0.2, 0) is 0 Å². The molecule has 0 saturated carbocycles. The van der Waals surface area contributed by atoms with E-state index in [0.717, 1.165) is 36.7 Å². The molecule has 0 bridgehead atoms. The second kappa shape index (κ2) is 5.97. The van der Waals surface area contributed by atoms with Gasteiger partial charge in [0.1, 0.15) is 0 Å². The van der Waals surface area contributed by atoms with Crippen LogP contribution in [-0.4, -0.2) is 34.8 Å². The minimum Gasteiger partial charge on any atom is -0.396 e. The molecule has 1 aromatic heterocycles. The van der Waals surface area contributed by atoms with E-state index in [9.17, 15) is 5.11 Å². The molecule has 0 amide bonds. The first-order valence-electron chi connectivity index (χ1n) is 8.01. The summed E-state index contributed by atoms with van der Waals surface area (Å²) in [4.78, 5) is 11.3. The highest BCUT2D eigenvalue weighted by Gasteiger charge is 2.23. The SMILES string of the molecule is OC[C@H]1CCN(c2nccc(-c3ccc4ccccc4c3)n2)C1. The third-order valence-corrected chi connectivity index (χ3v) is 4.51. The van der Waals surface area contributed by atoms with Gasteiger partial charge in [0, 0.05) is 37.4 Å². The van der Waals surface area contributed by atoms with Crippen molar-refractivity contribution < 1.29 is 5.11 Å². The topological polar surface area (TPSA) is 49.2 Å². The number of aliphatic hydroxyl groups excluding tert-OH is 1. The zero-order valence-corrected chi connectivity index (χ0v) is 12.9. The fourth-order valence-corrected chi connectivity index (χ4v) is 3.17. The van der Waals surface area contributed by atoms with E-state index in [-0.39, 0.29) is 6.61 Å². The standard InChI is InChI=1S/C19H19N3O/c23-13-14-8-10-22(12-14)19-20-9-7-18(21-19)17-6-5-15-3-1-2-4-16(15)11-17/h1-7,9,11,14,23H,8,10,12-13H2/t14-/m0/s1. The summed E-state index contributed by atoms with van der Waals surface area (Å²) < 4.78 is 0. The van der Waals surface area contributed by atoms with Crippen molar-refractivity contribution in [3.05, 3.63) is 54.7 Å². The molecule has 1 fully saturated rings. The summed E-state index contributed by atoms with van der Waals surface area (Å²) >= 11 is 0. The molecule has 116 valence electrons. The number of aliphatic hydroxyl groups is 1. The van der Waals surface area contributed by atoms with Gasteiger partial charge in [-0.15, -0.1) is 0 Å². The van der Waals surface area contributed by atoms with Crippen LogP contribution in [0, 0.1) is 5.92 Å². The first-order chi connectivity index (χ1) is 11.3. The van der Waals surface area contributed by atoms with Gasteiger partial charge in [-0.3, -0.25) is 0 Å². The smallest absolute Gasteiger partial charge is 0.225 e. The van der Waals surface area contributed by atoms with Gasteiger partial charge in [-0.05, 0) is 29.3 Å². The normalized spacial score (nSPS) is 17.8. The highest BCUT2D eigenvalue weighted by molar-refractivity contribution is 5.86. The van der Waals surface area contributed by atoms with E-state index in [1.165, 1.54) is 10.8 Å². The van der Waals surface area contributed by atoms with Crippen molar-refractivity contribution in [2.75, 3.05) is 24.6 Å². The minimum atomic E-state index is 0.237. The minimum absolute atomic E-state index is 0.237. The zero-order chi connectivity index (χ0) is 15.6. The third kappa shape index (κ3) is 2.78. The van der Waals surface area contributed by atoms with E-state index in [2.05, 4.69) is 52.3 Å². The second-order valence-corrected chi connectivity index (χ2v) is 6.09. The molecular formula is C19H19N3O. The molecule has 1 atom stereocenters. The van der Waals surface area contributed by atoms with Crippen molar-refractivity contribution >= 4 is 16.7 Å². The molecule has 0 unspecified atom stereocenters. The summed E-state index contributed by atoms with van der Waals surface area (Å²) in [5.41, 5.74) is 2.04. The highest BCUT2D eigenvalue weighted by Crippen LogP contribution is 2.26. The van der Waals surface area contributed by atoms with Crippen LogP contribution in [0.3, 0.4) is 0 Å². The summed E-state index contributed by atoms with van der Waals surface area (Å²) in [5.74, 6) is 1.09. The lowest BCUT2D eigenvalue weighted by Crippen LogP contribution is -2.22. The molecule has 2 aromatic carbocycles. The molecule has 1 N–H and O–H groups in total. The van der Waals surface area contributed by atoms with Crippen molar-refractivity contribution in [1.82, 2.24) is 9.97 Å². The summed E-state index contributed by atoms with van der Waals surface area (Å²) in [6, 6.07) is 16.7.